The fourth-order valence-electron chi connectivity index (χ4n) is 5.17. The number of benzene rings is 2. The minimum absolute atomic E-state index is 0.113. The van der Waals surface area contributed by atoms with Gasteiger partial charge in [0.05, 0.1) is 0 Å². The molecule has 2 fully saturated rings. The van der Waals surface area contributed by atoms with Crippen molar-refractivity contribution in [2.45, 2.75) is 76.4 Å². The number of para-hydroxylation sites is 1. The molecule has 4 rings (SSSR count). The summed E-state index contributed by atoms with van der Waals surface area (Å²) >= 11 is 6.06. The molecule has 0 aliphatic heterocycles. The van der Waals surface area contributed by atoms with Crippen LogP contribution in [0, 0.1) is 5.92 Å². The second-order valence-electron chi connectivity index (χ2n) is 9.49. The van der Waals surface area contributed by atoms with Crippen LogP contribution in [0.5, 0.6) is 0 Å². The van der Waals surface area contributed by atoms with E-state index in [1.165, 1.54) is 6.42 Å². The van der Waals surface area contributed by atoms with Gasteiger partial charge in [-0.1, -0.05) is 55.1 Å². The smallest absolute Gasteiger partial charge is 0.255 e. The molecule has 2 aromatic rings. The Labute approximate surface area is 201 Å². The number of nitrogens with two attached hydrogens (primary N) is 1. The number of hydrogen-bond donors (Lipinski definition) is 2. The summed E-state index contributed by atoms with van der Waals surface area (Å²) < 4.78 is 0. The third-order valence-electron chi connectivity index (χ3n) is 7.11. The molecule has 3 N–H and O–H groups in total. The first-order valence-corrected chi connectivity index (χ1v) is 12.6. The molecule has 0 radical (unpaired) electrons. The number of carbonyl (C=O) groups is 2. The van der Waals surface area contributed by atoms with Gasteiger partial charge >= 0.3 is 0 Å². The molecular weight excluding hydrogens is 434 g/mol. The molecule has 2 aromatic carbocycles. The van der Waals surface area contributed by atoms with E-state index < -0.39 is 0 Å². The summed E-state index contributed by atoms with van der Waals surface area (Å²) in [4.78, 5) is 28.6. The predicted octanol–water partition coefficient (Wildman–Crippen LogP) is 5.77. The van der Waals surface area contributed by atoms with Crippen molar-refractivity contribution < 1.29 is 9.59 Å². The van der Waals surface area contributed by atoms with E-state index in [1.54, 1.807) is 24.3 Å². The number of anilines is 1. The Hall–Kier alpha value is -2.37. The van der Waals surface area contributed by atoms with Crippen molar-refractivity contribution in [2.24, 2.45) is 11.7 Å². The van der Waals surface area contributed by atoms with Gasteiger partial charge in [-0.3, -0.25) is 9.59 Å². The number of halogens is 1. The second-order valence-corrected chi connectivity index (χ2v) is 9.93. The van der Waals surface area contributed by atoms with Crippen molar-refractivity contribution in [1.82, 2.24) is 4.90 Å². The summed E-state index contributed by atoms with van der Waals surface area (Å²) in [6.45, 7) is 0.501. The molecule has 0 aromatic heterocycles. The molecule has 5 nitrogen and oxygen atoms in total. The Morgan fingerprint density at radius 3 is 2.39 bits per heavy atom. The SMILES string of the molecule is NC1CCC(N(Cc2ccccc2NC(=O)c2cccc(Cl)c2)C(=O)C2CCCCC2)CC1. The van der Waals surface area contributed by atoms with Gasteiger partial charge in [0, 0.05) is 40.8 Å². The first-order valence-electron chi connectivity index (χ1n) is 12.2. The Bertz CT molecular complexity index is 965. The summed E-state index contributed by atoms with van der Waals surface area (Å²) in [5, 5.41) is 3.56. The largest absolute Gasteiger partial charge is 0.335 e. The number of rotatable bonds is 6. The van der Waals surface area contributed by atoms with Crippen molar-refractivity contribution in [2.75, 3.05) is 5.32 Å². The Morgan fingerprint density at radius 1 is 0.939 bits per heavy atom. The second kappa shape index (κ2) is 11.2. The number of amides is 2. The Kier molecular flexibility index (Phi) is 8.05. The average Bonchev–Trinajstić information content (AvgIpc) is 2.84. The molecule has 0 saturated heterocycles. The van der Waals surface area contributed by atoms with Crippen LogP contribution < -0.4 is 11.1 Å². The van der Waals surface area contributed by atoms with Gasteiger partial charge in [-0.2, -0.15) is 0 Å². The highest BCUT2D eigenvalue weighted by molar-refractivity contribution is 6.31. The Morgan fingerprint density at radius 2 is 1.67 bits per heavy atom. The van der Waals surface area contributed by atoms with Crippen LogP contribution in [0.4, 0.5) is 5.69 Å². The van der Waals surface area contributed by atoms with Gasteiger partial charge in [0.25, 0.3) is 5.91 Å². The molecule has 2 saturated carbocycles. The van der Waals surface area contributed by atoms with Crippen LogP contribution in [0.2, 0.25) is 5.02 Å². The molecule has 0 unspecified atom stereocenters. The van der Waals surface area contributed by atoms with E-state index in [9.17, 15) is 9.59 Å². The van der Waals surface area contributed by atoms with Crippen LogP contribution in [0.3, 0.4) is 0 Å². The standard InChI is InChI=1S/C27H34ClN3O2/c28-22-11-6-10-20(17-22)26(32)30-25-12-5-4-9-21(25)18-31(24-15-13-23(29)14-16-24)27(33)19-7-2-1-3-8-19/h4-6,9-12,17,19,23-24H,1-3,7-8,13-16,18,29H2,(H,30,32). The zero-order valence-corrected chi connectivity index (χ0v) is 19.9. The van der Waals surface area contributed by atoms with Gasteiger partial charge in [0.15, 0.2) is 0 Å². The van der Waals surface area contributed by atoms with Crippen LogP contribution >= 0.6 is 11.6 Å². The topological polar surface area (TPSA) is 75.4 Å². The number of carbonyl (C=O) groups excluding carboxylic acids is 2. The third-order valence-corrected chi connectivity index (χ3v) is 7.35. The van der Waals surface area contributed by atoms with Gasteiger partial charge in [-0.05, 0) is 68.4 Å². The average molecular weight is 468 g/mol. The molecule has 2 aliphatic carbocycles. The van der Waals surface area contributed by atoms with E-state index in [0.29, 0.717) is 17.1 Å². The zero-order chi connectivity index (χ0) is 23.2. The number of nitrogens with one attached hydrogen (secondary N) is 1. The van der Waals surface area contributed by atoms with Crippen LogP contribution in [0.1, 0.15) is 73.7 Å². The normalized spacial score (nSPS) is 21.4. The van der Waals surface area contributed by atoms with Crippen molar-refractivity contribution in [1.29, 1.82) is 0 Å². The van der Waals surface area contributed by atoms with E-state index in [1.807, 2.05) is 24.3 Å². The first kappa shape index (κ1) is 23.8. The quantitative estimate of drug-likeness (QED) is 0.566. The van der Waals surface area contributed by atoms with E-state index in [-0.39, 0.29) is 29.8 Å². The first-order chi connectivity index (χ1) is 16.0. The molecule has 176 valence electrons. The van der Waals surface area contributed by atoms with E-state index in [0.717, 1.165) is 62.6 Å². The molecule has 6 heteroatoms. The van der Waals surface area contributed by atoms with Crippen LogP contribution in [0.15, 0.2) is 48.5 Å². The van der Waals surface area contributed by atoms with Gasteiger partial charge in [0.2, 0.25) is 5.91 Å². The number of nitrogens with zero attached hydrogens (tertiary/aromatic N) is 1. The summed E-state index contributed by atoms with van der Waals surface area (Å²) in [6.07, 6.45) is 9.23. The van der Waals surface area contributed by atoms with Gasteiger partial charge in [0.1, 0.15) is 0 Å². The minimum atomic E-state index is -0.209. The van der Waals surface area contributed by atoms with Gasteiger partial charge in [-0.15, -0.1) is 0 Å². The molecule has 2 amide bonds. The summed E-state index contributed by atoms with van der Waals surface area (Å²) in [6, 6.07) is 15.1. The highest BCUT2D eigenvalue weighted by Gasteiger charge is 2.33. The maximum Gasteiger partial charge on any atom is 0.255 e. The maximum atomic E-state index is 13.7. The van der Waals surface area contributed by atoms with Gasteiger partial charge < -0.3 is 16.0 Å². The van der Waals surface area contributed by atoms with E-state index >= 15 is 0 Å². The van der Waals surface area contributed by atoms with Gasteiger partial charge in [-0.25, -0.2) is 0 Å². The fourth-order valence-corrected chi connectivity index (χ4v) is 5.36. The maximum absolute atomic E-state index is 13.7. The predicted molar refractivity (Wildman–Crippen MR) is 133 cm³/mol. The summed E-state index contributed by atoms with van der Waals surface area (Å²) in [7, 11) is 0. The molecule has 0 spiro atoms. The van der Waals surface area contributed by atoms with Crippen molar-refractivity contribution >= 4 is 29.1 Å². The number of hydrogen-bond acceptors (Lipinski definition) is 3. The third kappa shape index (κ3) is 6.15. The lowest BCUT2D eigenvalue weighted by molar-refractivity contribution is -0.140. The van der Waals surface area contributed by atoms with Crippen molar-refractivity contribution in [3.8, 4) is 0 Å². The molecular formula is C27H34ClN3O2. The van der Waals surface area contributed by atoms with Crippen LogP contribution in [-0.4, -0.2) is 28.8 Å². The van der Waals surface area contributed by atoms with E-state index in [2.05, 4.69) is 10.2 Å². The highest BCUT2D eigenvalue weighted by Crippen LogP contribution is 2.31. The molecule has 2 aliphatic rings. The highest BCUT2D eigenvalue weighted by atomic mass is 35.5. The van der Waals surface area contributed by atoms with E-state index in [4.69, 9.17) is 17.3 Å². The summed E-state index contributed by atoms with van der Waals surface area (Å²) in [5.41, 5.74) is 8.34. The molecule has 0 heterocycles. The molecule has 0 atom stereocenters. The fraction of sp³-hybridized carbons (Fsp3) is 0.481. The molecule has 0 bridgehead atoms. The molecule has 33 heavy (non-hydrogen) atoms. The minimum Gasteiger partial charge on any atom is -0.335 e. The summed E-state index contributed by atoms with van der Waals surface area (Å²) in [5.74, 6) is 0.174. The van der Waals surface area contributed by atoms with Crippen molar-refractivity contribution in [3.05, 3.63) is 64.7 Å². The monoisotopic (exact) mass is 467 g/mol. The van der Waals surface area contributed by atoms with Crippen LogP contribution in [-0.2, 0) is 11.3 Å². The Balaban J connectivity index is 1.55. The zero-order valence-electron chi connectivity index (χ0n) is 19.1. The lowest BCUT2D eigenvalue weighted by Gasteiger charge is -2.39. The lowest BCUT2D eigenvalue weighted by Crippen LogP contribution is -2.46. The lowest BCUT2D eigenvalue weighted by atomic mass is 9.85. The van der Waals surface area contributed by atoms with Crippen LogP contribution in [0.25, 0.3) is 0 Å². The van der Waals surface area contributed by atoms with Crippen molar-refractivity contribution in [3.63, 3.8) is 0 Å².